The van der Waals surface area contributed by atoms with Crippen LogP contribution in [-0.2, 0) is 4.74 Å². The van der Waals surface area contributed by atoms with E-state index in [1.807, 2.05) is 4.40 Å². The van der Waals surface area contributed by atoms with Gasteiger partial charge in [0.25, 0.3) is 5.56 Å². The number of nitrogens with zero attached hydrogens (tertiary/aromatic N) is 2. The largest absolute Gasteiger partial charge is 0.381 e. The minimum atomic E-state index is -0.0394. The smallest absolute Gasteiger partial charge is 0.274 e. The van der Waals surface area contributed by atoms with Gasteiger partial charge in [0, 0.05) is 43.5 Å². The van der Waals surface area contributed by atoms with Crippen LogP contribution in [0.2, 0.25) is 0 Å². The lowest BCUT2D eigenvalue weighted by atomic mass is 9.95. The van der Waals surface area contributed by atoms with Crippen LogP contribution >= 0.6 is 0 Å². The van der Waals surface area contributed by atoms with Gasteiger partial charge in [-0.3, -0.25) is 9.20 Å². The summed E-state index contributed by atoms with van der Waals surface area (Å²) >= 11 is 0. The third-order valence-electron chi connectivity index (χ3n) is 5.09. The average molecular weight is 302 g/mol. The Morgan fingerprint density at radius 1 is 1.32 bits per heavy atom. The Balaban J connectivity index is 1.79. The highest BCUT2D eigenvalue weighted by molar-refractivity contribution is 5.45. The lowest BCUT2D eigenvalue weighted by Gasteiger charge is -2.21. The second kappa shape index (κ2) is 5.52. The summed E-state index contributed by atoms with van der Waals surface area (Å²) in [5.74, 6) is 2.28. The zero-order chi connectivity index (χ0) is 15.1. The Morgan fingerprint density at radius 3 is 2.86 bits per heavy atom. The quantitative estimate of drug-likeness (QED) is 0.875. The van der Waals surface area contributed by atoms with E-state index in [0.717, 1.165) is 50.7 Å². The van der Waals surface area contributed by atoms with E-state index >= 15 is 0 Å². The molecule has 2 saturated heterocycles. The van der Waals surface area contributed by atoms with Gasteiger partial charge in [-0.15, -0.1) is 0 Å². The van der Waals surface area contributed by atoms with Crippen LogP contribution in [-0.4, -0.2) is 40.7 Å². The van der Waals surface area contributed by atoms with E-state index in [4.69, 9.17) is 4.74 Å². The summed E-state index contributed by atoms with van der Waals surface area (Å²) in [6, 6.07) is 0. The Kier molecular flexibility index (Phi) is 3.50. The molecule has 6 nitrogen and oxygen atoms in total. The van der Waals surface area contributed by atoms with Crippen molar-refractivity contribution in [3.05, 3.63) is 34.3 Å². The van der Waals surface area contributed by atoms with Gasteiger partial charge < -0.3 is 15.0 Å². The maximum atomic E-state index is 12.4. The normalized spacial score (nSPS) is 26.8. The van der Waals surface area contributed by atoms with Crippen LogP contribution in [0.15, 0.2) is 17.2 Å². The SMILES string of the molecule is CC1CNCC1c1cn2c(C3CCOCC3)ncc2c(=O)[nH]1. The summed E-state index contributed by atoms with van der Waals surface area (Å²) in [7, 11) is 0. The van der Waals surface area contributed by atoms with Crippen LogP contribution in [0.5, 0.6) is 0 Å². The van der Waals surface area contributed by atoms with Crippen molar-refractivity contribution >= 4 is 5.52 Å². The lowest BCUT2D eigenvalue weighted by Crippen LogP contribution is -2.20. The molecule has 0 aromatic carbocycles. The Morgan fingerprint density at radius 2 is 2.14 bits per heavy atom. The van der Waals surface area contributed by atoms with Gasteiger partial charge >= 0.3 is 0 Å². The number of nitrogens with one attached hydrogen (secondary N) is 2. The summed E-state index contributed by atoms with van der Waals surface area (Å²) in [5, 5.41) is 3.40. The number of hydrogen-bond donors (Lipinski definition) is 2. The first-order chi connectivity index (χ1) is 10.7. The van der Waals surface area contributed by atoms with Crippen LogP contribution in [0.1, 0.15) is 43.1 Å². The maximum Gasteiger partial charge on any atom is 0.274 e. The van der Waals surface area contributed by atoms with E-state index in [-0.39, 0.29) is 5.56 Å². The van der Waals surface area contributed by atoms with E-state index in [2.05, 4.69) is 28.4 Å². The number of H-pyrrole nitrogens is 1. The van der Waals surface area contributed by atoms with Gasteiger partial charge in [0.05, 0.1) is 6.20 Å². The average Bonchev–Trinajstić information content (AvgIpc) is 3.14. The van der Waals surface area contributed by atoms with Crippen molar-refractivity contribution in [1.82, 2.24) is 19.7 Å². The zero-order valence-corrected chi connectivity index (χ0v) is 12.8. The molecule has 6 heteroatoms. The van der Waals surface area contributed by atoms with Crippen LogP contribution in [0, 0.1) is 5.92 Å². The van der Waals surface area contributed by atoms with E-state index in [1.165, 1.54) is 0 Å². The molecule has 2 aliphatic heterocycles. The summed E-state index contributed by atoms with van der Waals surface area (Å²) in [6.45, 7) is 5.70. The van der Waals surface area contributed by atoms with Gasteiger partial charge in [-0.25, -0.2) is 4.98 Å². The van der Waals surface area contributed by atoms with Gasteiger partial charge in [0.2, 0.25) is 0 Å². The van der Waals surface area contributed by atoms with Crippen molar-refractivity contribution in [2.45, 2.75) is 31.6 Å². The van der Waals surface area contributed by atoms with Gasteiger partial charge in [-0.05, 0) is 25.3 Å². The predicted molar refractivity (Wildman–Crippen MR) is 83.4 cm³/mol. The number of aromatic nitrogens is 3. The van der Waals surface area contributed by atoms with Crippen molar-refractivity contribution < 1.29 is 4.74 Å². The molecule has 0 radical (unpaired) electrons. The summed E-state index contributed by atoms with van der Waals surface area (Å²) in [6.07, 6.45) is 5.73. The molecule has 2 unspecified atom stereocenters. The monoisotopic (exact) mass is 302 g/mol. The second-order valence-electron chi connectivity index (χ2n) is 6.54. The molecular formula is C16H22N4O2. The number of aromatic amines is 1. The van der Waals surface area contributed by atoms with Crippen LogP contribution in [0.3, 0.4) is 0 Å². The minimum Gasteiger partial charge on any atom is -0.381 e. The molecule has 4 rings (SSSR count). The van der Waals surface area contributed by atoms with Crippen molar-refractivity contribution in [1.29, 1.82) is 0 Å². The maximum absolute atomic E-state index is 12.4. The molecular weight excluding hydrogens is 280 g/mol. The van der Waals surface area contributed by atoms with Crippen molar-refractivity contribution in [3.63, 3.8) is 0 Å². The molecule has 118 valence electrons. The van der Waals surface area contributed by atoms with E-state index in [0.29, 0.717) is 23.3 Å². The fraction of sp³-hybridized carbons (Fsp3) is 0.625. The lowest BCUT2D eigenvalue weighted by molar-refractivity contribution is 0.0835. The van der Waals surface area contributed by atoms with Crippen LogP contribution in [0.25, 0.3) is 5.52 Å². The molecule has 2 atom stereocenters. The molecule has 0 amide bonds. The number of fused-ring (bicyclic) bond motifs is 1. The van der Waals surface area contributed by atoms with Gasteiger partial charge in [-0.1, -0.05) is 6.92 Å². The summed E-state index contributed by atoms with van der Waals surface area (Å²) in [4.78, 5) is 20.0. The first-order valence-electron chi connectivity index (χ1n) is 8.12. The second-order valence-corrected chi connectivity index (χ2v) is 6.54. The first kappa shape index (κ1) is 14.0. The highest BCUT2D eigenvalue weighted by atomic mass is 16.5. The van der Waals surface area contributed by atoms with Crippen molar-refractivity contribution in [2.75, 3.05) is 26.3 Å². The third-order valence-corrected chi connectivity index (χ3v) is 5.09. The molecule has 22 heavy (non-hydrogen) atoms. The first-order valence-corrected chi connectivity index (χ1v) is 8.12. The highest BCUT2D eigenvalue weighted by Gasteiger charge is 2.27. The third kappa shape index (κ3) is 2.27. The molecule has 2 aliphatic rings. The Labute approximate surface area is 128 Å². The molecule has 0 spiro atoms. The summed E-state index contributed by atoms with van der Waals surface area (Å²) in [5.41, 5.74) is 1.62. The van der Waals surface area contributed by atoms with E-state index in [1.54, 1.807) is 6.20 Å². The standard InChI is InChI=1S/C16H22N4O2/c1-10-6-17-7-12(10)13-9-20-14(16(21)19-13)8-18-15(20)11-2-4-22-5-3-11/h8-12,17H,2-7H2,1H3,(H,19,21). The van der Waals surface area contributed by atoms with E-state index < -0.39 is 0 Å². The Bertz CT molecular complexity index is 729. The zero-order valence-electron chi connectivity index (χ0n) is 12.8. The molecule has 0 bridgehead atoms. The van der Waals surface area contributed by atoms with Crippen molar-refractivity contribution in [3.8, 4) is 0 Å². The fourth-order valence-electron chi connectivity index (χ4n) is 3.72. The topological polar surface area (TPSA) is 71.4 Å². The number of rotatable bonds is 2. The summed E-state index contributed by atoms with van der Waals surface area (Å²) < 4.78 is 7.45. The molecule has 0 saturated carbocycles. The van der Waals surface area contributed by atoms with Gasteiger partial charge in [0.1, 0.15) is 11.3 Å². The number of ether oxygens (including phenoxy) is 1. The fourth-order valence-corrected chi connectivity index (χ4v) is 3.72. The van der Waals surface area contributed by atoms with Crippen LogP contribution in [0.4, 0.5) is 0 Å². The molecule has 2 N–H and O–H groups in total. The molecule has 2 aromatic rings. The predicted octanol–water partition coefficient (Wildman–Crippen LogP) is 1.24. The highest BCUT2D eigenvalue weighted by Crippen LogP contribution is 2.28. The number of imidazole rings is 1. The number of hydrogen-bond acceptors (Lipinski definition) is 4. The molecule has 0 aliphatic carbocycles. The minimum absolute atomic E-state index is 0.0394. The van der Waals surface area contributed by atoms with Gasteiger partial charge in [-0.2, -0.15) is 0 Å². The van der Waals surface area contributed by atoms with Crippen molar-refractivity contribution in [2.24, 2.45) is 5.92 Å². The Hall–Kier alpha value is -1.66. The van der Waals surface area contributed by atoms with Crippen LogP contribution < -0.4 is 10.9 Å². The van der Waals surface area contributed by atoms with E-state index in [9.17, 15) is 4.79 Å². The van der Waals surface area contributed by atoms with Gasteiger partial charge in [0.15, 0.2) is 0 Å². The molecule has 2 aromatic heterocycles. The molecule has 4 heterocycles. The molecule has 2 fully saturated rings.